The highest BCUT2D eigenvalue weighted by molar-refractivity contribution is 8.00. The molecule has 3 N–H and O–H groups in total. The summed E-state index contributed by atoms with van der Waals surface area (Å²) in [6.07, 6.45) is -3.09. The number of amides is 3. The number of anilines is 2. The van der Waals surface area contributed by atoms with Gasteiger partial charge < -0.3 is 20.7 Å². The molecule has 5 aromatic carbocycles. The second-order valence-electron chi connectivity index (χ2n) is 10.9. The molecule has 0 saturated carbocycles. The van der Waals surface area contributed by atoms with Gasteiger partial charge in [-0.15, -0.1) is 11.8 Å². The van der Waals surface area contributed by atoms with Crippen LogP contribution in [0.1, 0.15) is 39.2 Å². The smallest absolute Gasteiger partial charge is 0.416 e. The predicted octanol–water partition coefficient (Wildman–Crippen LogP) is 9.64. The summed E-state index contributed by atoms with van der Waals surface area (Å²) in [5.74, 6) is -1.12. The van der Waals surface area contributed by atoms with Crippen molar-refractivity contribution in [2.45, 2.75) is 23.2 Å². The Morgan fingerprint density at radius 1 is 0.824 bits per heavy atom. The third-order valence-electron chi connectivity index (χ3n) is 7.31. The molecular formula is C39H31ClF3N3O4S. The number of hydrogen-bond donors (Lipinski definition) is 3. The quantitative estimate of drug-likeness (QED) is 0.0878. The zero-order valence-electron chi connectivity index (χ0n) is 27.0. The number of halogens is 4. The summed E-state index contributed by atoms with van der Waals surface area (Å²) in [6, 6.07) is 33.7. The number of alkyl halides is 3. The van der Waals surface area contributed by atoms with E-state index in [1.165, 1.54) is 6.08 Å². The fraction of sp³-hybridized carbons (Fsp3) is 0.103. The van der Waals surface area contributed by atoms with Crippen LogP contribution in [0.15, 0.2) is 138 Å². The molecule has 0 aliphatic carbocycles. The van der Waals surface area contributed by atoms with Gasteiger partial charge in [0.05, 0.1) is 22.9 Å². The second kappa shape index (κ2) is 16.9. The summed E-state index contributed by atoms with van der Waals surface area (Å²) in [4.78, 5) is 40.8. The fourth-order valence-corrected chi connectivity index (χ4v) is 6.02. The molecule has 5 rings (SSSR count). The zero-order valence-corrected chi connectivity index (χ0v) is 28.6. The van der Waals surface area contributed by atoms with Gasteiger partial charge in [-0.3, -0.25) is 14.4 Å². The van der Waals surface area contributed by atoms with Crippen LogP contribution in [-0.2, 0) is 15.8 Å². The number of hydrogen-bond acceptors (Lipinski definition) is 5. The number of thioether (sulfide) groups is 1. The zero-order chi connectivity index (χ0) is 36.4. The normalized spacial score (nSPS) is 12.1. The van der Waals surface area contributed by atoms with Gasteiger partial charge in [-0.2, -0.15) is 13.2 Å². The van der Waals surface area contributed by atoms with E-state index in [2.05, 4.69) is 16.0 Å². The fourth-order valence-electron chi connectivity index (χ4n) is 4.83. The molecule has 12 heteroatoms. The Morgan fingerprint density at radius 2 is 1.47 bits per heavy atom. The van der Waals surface area contributed by atoms with Crippen LogP contribution in [0.4, 0.5) is 24.5 Å². The summed E-state index contributed by atoms with van der Waals surface area (Å²) in [5.41, 5.74) is 0.825. The molecule has 3 amide bonds. The average molecular weight is 730 g/mol. The maximum absolute atomic E-state index is 13.6. The molecule has 0 fully saturated rings. The van der Waals surface area contributed by atoms with Crippen LogP contribution in [0.2, 0.25) is 5.02 Å². The van der Waals surface area contributed by atoms with Crippen LogP contribution in [0.25, 0.3) is 6.08 Å². The summed E-state index contributed by atoms with van der Waals surface area (Å²) < 4.78 is 45.8. The number of rotatable bonds is 12. The number of carbonyl (C=O) groups excluding carboxylic acids is 3. The van der Waals surface area contributed by atoms with Crippen molar-refractivity contribution in [2.24, 2.45) is 0 Å². The third-order valence-corrected chi connectivity index (χ3v) is 8.90. The maximum Gasteiger partial charge on any atom is 0.416 e. The highest BCUT2D eigenvalue weighted by Gasteiger charge is 2.32. The van der Waals surface area contributed by atoms with E-state index in [9.17, 15) is 27.6 Å². The maximum atomic E-state index is 13.6. The Hall–Kier alpha value is -5.52. The molecule has 0 aliphatic rings. The van der Waals surface area contributed by atoms with E-state index in [1.807, 2.05) is 6.92 Å². The van der Waals surface area contributed by atoms with E-state index >= 15 is 0 Å². The van der Waals surface area contributed by atoms with Crippen molar-refractivity contribution in [3.05, 3.63) is 160 Å². The van der Waals surface area contributed by atoms with Crippen LogP contribution in [0, 0.1) is 0 Å². The lowest BCUT2D eigenvalue weighted by molar-refractivity contribution is -0.137. The highest BCUT2D eigenvalue weighted by Crippen LogP contribution is 2.39. The lowest BCUT2D eigenvalue weighted by Gasteiger charge is -2.19. The summed E-state index contributed by atoms with van der Waals surface area (Å²) in [6.45, 7) is 2.24. The molecule has 0 bridgehead atoms. The largest absolute Gasteiger partial charge is 0.493 e. The molecular weight excluding hydrogens is 699 g/mol. The van der Waals surface area contributed by atoms with Crippen molar-refractivity contribution in [1.82, 2.24) is 5.32 Å². The molecule has 0 aliphatic heterocycles. The van der Waals surface area contributed by atoms with Crippen molar-refractivity contribution >= 4 is 58.5 Å². The molecule has 51 heavy (non-hydrogen) atoms. The minimum absolute atomic E-state index is 0.0245. The molecule has 0 heterocycles. The molecule has 0 saturated heterocycles. The number of ether oxygens (including phenoxy) is 1. The van der Waals surface area contributed by atoms with Gasteiger partial charge >= 0.3 is 6.18 Å². The molecule has 0 aromatic heterocycles. The van der Waals surface area contributed by atoms with E-state index in [0.717, 1.165) is 30.0 Å². The third kappa shape index (κ3) is 10.0. The predicted molar refractivity (Wildman–Crippen MR) is 195 cm³/mol. The molecule has 5 aromatic rings. The first kappa shape index (κ1) is 36.8. The summed E-state index contributed by atoms with van der Waals surface area (Å²) >= 11 is 7.31. The highest BCUT2D eigenvalue weighted by atomic mass is 35.5. The van der Waals surface area contributed by atoms with Crippen molar-refractivity contribution < 1.29 is 32.3 Å². The van der Waals surface area contributed by atoms with Crippen molar-refractivity contribution in [2.75, 3.05) is 17.2 Å². The van der Waals surface area contributed by atoms with Gasteiger partial charge in [0, 0.05) is 21.7 Å². The van der Waals surface area contributed by atoms with Gasteiger partial charge in [0.2, 0.25) is 5.91 Å². The van der Waals surface area contributed by atoms with Crippen LogP contribution < -0.4 is 20.7 Å². The van der Waals surface area contributed by atoms with Crippen molar-refractivity contribution in [3.8, 4) is 5.75 Å². The SMILES string of the molecule is CCOc1ccccc1/C=C(\NC(=O)c1ccccc1)C(=O)Nc1ccc(SC(C(=O)Nc2cc(C(F)(F)F)ccc2Cl)c2ccccc2)cc1. The van der Waals surface area contributed by atoms with Gasteiger partial charge in [0.1, 0.15) is 16.7 Å². The number of benzene rings is 5. The van der Waals surface area contributed by atoms with E-state index < -0.39 is 34.7 Å². The average Bonchev–Trinajstić information content (AvgIpc) is 3.13. The Bertz CT molecular complexity index is 2030. The first-order chi connectivity index (χ1) is 24.5. The number of carbonyl (C=O) groups is 3. The lowest BCUT2D eigenvalue weighted by Crippen LogP contribution is -2.30. The second-order valence-corrected chi connectivity index (χ2v) is 12.5. The van der Waals surface area contributed by atoms with E-state index in [4.69, 9.17) is 16.3 Å². The van der Waals surface area contributed by atoms with E-state index in [1.54, 1.807) is 109 Å². The molecule has 1 unspecified atom stereocenters. The Morgan fingerprint density at radius 3 is 2.14 bits per heavy atom. The van der Waals surface area contributed by atoms with Crippen LogP contribution in [0.5, 0.6) is 5.75 Å². The first-order valence-electron chi connectivity index (χ1n) is 15.6. The van der Waals surface area contributed by atoms with Crippen LogP contribution in [0.3, 0.4) is 0 Å². The van der Waals surface area contributed by atoms with Gasteiger partial charge in [-0.05, 0) is 79.2 Å². The minimum Gasteiger partial charge on any atom is -0.493 e. The van der Waals surface area contributed by atoms with Crippen molar-refractivity contribution in [1.29, 1.82) is 0 Å². The van der Waals surface area contributed by atoms with E-state index in [-0.39, 0.29) is 16.4 Å². The molecule has 0 spiro atoms. The van der Waals surface area contributed by atoms with Crippen LogP contribution >= 0.6 is 23.4 Å². The van der Waals surface area contributed by atoms with Crippen LogP contribution in [-0.4, -0.2) is 24.3 Å². The number of para-hydroxylation sites is 1. The monoisotopic (exact) mass is 729 g/mol. The van der Waals surface area contributed by atoms with Crippen molar-refractivity contribution in [3.63, 3.8) is 0 Å². The minimum atomic E-state index is -4.62. The topological polar surface area (TPSA) is 96.5 Å². The molecule has 260 valence electrons. The molecule has 0 radical (unpaired) electrons. The van der Waals surface area contributed by atoms with Gasteiger partial charge in [-0.1, -0.05) is 78.3 Å². The molecule has 7 nitrogen and oxygen atoms in total. The first-order valence-corrected chi connectivity index (χ1v) is 16.9. The van der Waals surface area contributed by atoms with Gasteiger partial charge in [0.15, 0.2) is 0 Å². The van der Waals surface area contributed by atoms with Gasteiger partial charge in [-0.25, -0.2) is 0 Å². The summed E-state index contributed by atoms with van der Waals surface area (Å²) in [5, 5.41) is 7.16. The summed E-state index contributed by atoms with van der Waals surface area (Å²) in [7, 11) is 0. The molecule has 1 atom stereocenters. The lowest BCUT2D eigenvalue weighted by atomic mass is 10.1. The Kier molecular flexibility index (Phi) is 12.2. The Balaban J connectivity index is 1.36. The standard InChI is InChI=1S/C39H31ClF3N3O4S/c1-2-50-34-16-10-9-15-27(34)23-33(46-36(47)26-13-7-4-8-14-26)37(48)44-29-18-20-30(21-19-29)51-35(25-11-5-3-6-12-25)38(49)45-32-24-28(39(41,42)43)17-22-31(32)40/h3-24,35H,2H2,1H3,(H,44,48)(H,45,49)(H,46,47)/b33-23-. The number of nitrogens with one attached hydrogen (secondary N) is 3. The Labute approximate surface area is 301 Å². The van der Waals surface area contributed by atoms with Gasteiger partial charge in [0.25, 0.3) is 11.8 Å². The van der Waals surface area contributed by atoms with E-state index in [0.29, 0.717) is 39.6 Å².